The second-order valence-corrected chi connectivity index (χ2v) is 7.64. The Morgan fingerprint density at radius 2 is 1.59 bits per heavy atom. The van der Waals surface area contributed by atoms with Gasteiger partial charge in [-0.15, -0.1) is 0 Å². The lowest BCUT2D eigenvalue weighted by Gasteiger charge is -2.29. The first-order chi connectivity index (χ1) is 14.0. The number of carbonyl (C=O) groups is 1. The van der Waals surface area contributed by atoms with E-state index in [0.717, 1.165) is 12.8 Å². The number of benzene rings is 2. The number of carbonyl (C=O) groups excluding carboxylic acids is 1. The Morgan fingerprint density at radius 3 is 2.21 bits per heavy atom. The van der Waals surface area contributed by atoms with Crippen molar-refractivity contribution in [2.75, 3.05) is 19.7 Å². The maximum atomic E-state index is 11.3. The van der Waals surface area contributed by atoms with Crippen LogP contribution < -0.4 is 5.32 Å². The molecule has 156 valence electrons. The zero-order valence-corrected chi connectivity index (χ0v) is 16.7. The summed E-state index contributed by atoms with van der Waals surface area (Å²) in [5.74, 6) is -0.183. The largest absolute Gasteiger partial charge is 0.395 e. The predicted molar refractivity (Wildman–Crippen MR) is 112 cm³/mol. The van der Waals surface area contributed by atoms with Crippen LogP contribution in [-0.2, 0) is 11.2 Å². The maximum absolute atomic E-state index is 11.3. The molecule has 6 heteroatoms. The van der Waals surface area contributed by atoms with Gasteiger partial charge in [0.25, 0.3) is 0 Å². The molecule has 1 heterocycles. The average molecular weight is 399 g/mol. The van der Waals surface area contributed by atoms with Gasteiger partial charge >= 0.3 is 0 Å². The Balaban J connectivity index is 1.59. The molecular weight excluding hydrogens is 368 g/mol. The third-order valence-corrected chi connectivity index (χ3v) is 5.68. The molecule has 1 aliphatic heterocycles. The van der Waals surface area contributed by atoms with Gasteiger partial charge in [-0.3, -0.25) is 9.69 Å². The number of hydrogen-bond donors (Lipinski definition) is 4. The normalized spacial score (nSPS) is 24.6. The molecule has 0 unspecified atom stereocenters. The van der Waals surface area contributed by atoms with E-state index in [1.165, 1.54) is 23.6 Å². The Kier molecular flexibility index (Phi) is 7.39. The van der Waals surface area contributed by atoms with E-state index in [0.29, 0.717) is 6.54 Å². The number of amides is 1. The summed E-state index contributed by atoms with van der Waals surface area (Å²) in [7, 11) is 0. The number of rotatable bonds is 8. The molecule has 0 aromatic heterocycles. The van der Waals surface area contributed by atoms with Crippen LogP contribution in [0.3, 0.4) is 0 Å². The van der Waals surface area contributed by atoms with Crippen molar-refractivity contribution in [3.63, 3.8) is 0 Å². The molecule has 1 amide bonds. The van der Waals surface area contributed by atoms with Crippen LogP contribution in [0.15, 0.2) is 54.6 Å². The molecule has 2 aromatic carbocycles. The molecule has 4 N–H and O–H groups in total. The first kappa shape index (κ1) is 21.5. The summed E-state index contributed by atoms with van der Waals surface area (Å²) in [6.45, 7) is 2.05. The SMILES string of the molecule is CC(=O)NC[C@@H]1[C@@H](O)[C@H](O)[C@@H](CO)N1CCCc1ccc(-c2ccccc2)cc1. The molecule has 4 atom stereocenters. The molecule has 0 radical (unpaired) electrons. The Morgan fingerprint density at radius 1 is 0.966 bits per heavy atom. The summed E-state index contributed by atoms with van der Waals surface area (Å²) in [6, 6.07) is 17.8. The molecule has 0 bridgehead atoms. The molecular formula is C23H30N2O4. The third-order valence-electron chi connectivity index (χ3n) is 5.68. The van der Waals surface area contributed by atoms with E-state index in [9.17, 15) is 20.1 Å². The van der Waals surface area contributed by atoms with Crippen molar-refractivity contribution in [2.24, 2.45) is 0 Å². The van der Waals surface area contributed by atoms with Crippen LogP contribution in [0.2, 0.25) is 0 Å². The number of nitrogens with one attached hydrogen (secondary N) is 1. The van der Waals surface area contributed by atoms with Gasteiger partial charge in [0.15, 0.2) is 0 Å². The van der Waals surface area contributed by atoms with Crippen molar-refractivity contribution in [3.05, 3.63) is 60.2 Å². The predicted octanol–water partition coefficient (Wildman–Crippen LogP) is 1.19. The van der Waals surface area contributed by atoms with Crippen molar-refractivity contribution in [1.82, 2.24) is 10.2 Å². The van der Waals surface area contributed by atoms with Crippen LogP contribution in [0.4, 0.5) is 0 Å². The summed E-state index contributed by atoms with van der Waals surface area (Å²) in [5.41, 5.74) is 3.57. The lowest BCUT2D eigenvalue weighted by molar-refractivity contribution is -0.119. The number of aryl methyl sites for hydroxylation is 1. The zero-order chi connectivity index (χ0) is 20.8. The molecule has 1 aliphatic rings. The minimum Gasteiger partial charge on any atom is -0.395 e. The van der Waals surface area contributed by atoms with Crippen LogP contribution in [0, 0.1) is 0 Å². The summed E-state index contributed by atoms with van der Waals surface area (Å²) in [4.78, 5) is 13.2. The second-order valence-electron chi connectivity index (χ2n) is 7.64. The van der Waals surface area contributed by atoms with Crippen molar-refractivity contribution >= 4 is 5.91 Å². The van der Waals surface area contributed by atoms with Crippen LogP contribution in [-0.4, -0.2) is 70.1 Å². The van der Waals surface area contributed by atoms with Crippen molar-refractivity contribution < 1.29 is 20.1 Å². The van der Waals surface area contributed by atoms with Crippen molar-refractivity contribution in [1.29, 1.82) is 0 Å². The summed E-state index contributed by atoms with van der Waals surface area (Å²) >= 11 is 0. The summed E-state index contributed by atoms with van der Waals surface area (Å²) < 4.78 is 0. The lowest BCUT2D eigenvalue weighted by Crippen LogP contribution is -2.47. The van der Waals surface area contributed by atoms with E-state index in [2.05, 4.69) is 41.7 Å². The smallest absolute Gasteiger partial charge is 0.216 e. The zero-order valence-electron chi connectivity index (χ0n) is 16.7. The highest BCUT2D eigenvalue weighted by Gasteiger charge is 2.46. The quantitative estimate of drug-likeness (QED) is 0.536. The van der Waals surface area contributed by atoms with Crippen molar-refractivity contribution in [3.8, 4) is 11.1 Å². The molecule has 3 rings (SSSR count). The van der Waals surface area contributed by atoms with Gasteiger partial charge in [-0.05, 0) is 36.1 Å². The first-order valence-corrected chi connectivity index (χ1v) is 10.1. The van der Waals surface area contributed by atoms with E-state index in [4.69, 9.17) is 0 Å². The Hall–Kier alpha value is -2.25. The number of aliphatic hydroxyl groups excluding tert-OH is 3. The summed E-state index contributed by atoms with van der Waals surface area (Å²) in [6.07, 6.45) is -0.354. The number of likely N-dealkylation sites (tertiary alicyclic amines) is 1. The van der Waals surface area contributed by atoms with E-state index in [1.54, 1.807) is 0 Å². The topological polar surface area (TPSA) is 93.0 Å². The molecule has 6 nitrogen and oxygen atoms in total. The second kappa shape index (κ2) is 9.98. The Labute approximate surface area is 171 Å². The van der Waals surface area contributed by atoms with Gasteiger partial charge in [0.2, 0.25) is 5.91 Å². The van der Waals surface area contributed by atoms with Crippen LogP contribution in [0.25, 0.3) is 11.1 Å². The first-order valence-electron chi connectivity index (χ1n) is 10.1. The Bertz CT molecular complexity index is 781. The minimum atomic E-state index is -1.02. The molecule has 0 aliphatic carbocycles. The molecule has 0 saturated carbocycles. The fraction of sp³-hybridized carbons (Fsp3) is 0.435. The highest BCUT2D eigenvalue weighted by atomic mass is 16.3. The van der Waals surface area contributed by atoms with E-state index >= 15 is 0 Å². The highest BCUT2D eigenvalue weighted by Crippen LogP contribution is 2.26. The van der Waals surface area contributed by atoms with E-state index in [1.807, 2.05) is 23.1 Å². The van der Waals surface area contributed by atoms with Gasteiger partial charge in [-0.2, -0.15) is 0 Å². The van der Waals surface area contributed by atoms with Gasteiger partial charge in [-0.1, -0.05) is 54.6 Å². The number of aliphatic hydroxyl groups is 3. The van der Waals surface area contributed by atoms with Gasteiger partial charge in [0.1, 0.15) is 0 Å². The van der Waals surface area contributed by atoms with Crippen LogP contribution >= 0.6 is 0 Å². The molecule has 29 heavy (non-hydrogen) atoms. The van der Waals surface area contributed by atoms with Crippen LogP contribution in [0.1, 0.15) is 18.9 Å². The standard InChI is InChI=1S/C23H30N2O4/c1-16(27)24-14-20-22(28)23(29)21(15-26)25(20)13-5-6-17-9-11-19(12-10-17)18-7-3-2-4-8-18/h2-4,7-12,20-23,26,28-29H,5-6,13-15H2,1H3,(H,24,27)/t20-,21-,22-,23-/m1/s1. The molecule has 0 spiro atoms. The molecule has 1 saturated heterocycles. The van der Waals surface area contributed by atoms with Gasteiger partial charge in [-0.25, -0.2) is 0 Å². The van der Waals surface area contributed by atoms with E-state index < -0.39 is 24.3 Å². The van der Waals surface area contributed by atoms with Gasteiger partial charge < -0.3 is 20.6 Å². The lowest BCUT2D eigenvalue weighted by atomic mass is 10.0. The van der Waals surface area contributed by atoms with Crippen LogP contribution in [0.5, 0.6) is 0 Å². The fourth-order valence-corrected chi connectivity index (χ4v) is 4.08. The third kappa shape index (κ3) is 5.22. The minimum absolute atomic E-state index is 0.183. The average Bonchev–Trinajstić information content (AvgIpc) is 2.96. The maximum Gasteiger partial charge on any atom is 0.216 e. The molecule has 1 fully saturated rings. The van der Waals surface area contributed by atoms with Gasteiger partial charge in [0.05, 0.1) is 30.9 Å². The summed E-state index contributed by atoms with van der Waals surface area (Å²) in [5, 5.41) is 33.0. The monoisotopic (exact) mass is 398 g/mol. The number of nitrogens with zero attached hydrogens (tertiary/aromatic N) is 1. The fourth-order valence-electron chi connectivity index (χ4n) is 4.08. The van der Waals surface area contributed by atoms with E-state index in [-0.39, 0.29) is 19.1 Å². The highest BCUT2D eigenvalue weighted by molar-refractivity contribution is 5.72. The van der Waals surface area contributed by atoms with Gasteiger partial charge in [0, 0.05) is 13.5 Å². The molecule has 2 aromatic rings. The van der Waals surface area contributed by atoms with Crippen molar-refractivity contribution in [2.45, 2.75) is 44.1 Å². The number of hydrogen-bond acceptors (Lipinski definition) is 5.